The lowest BCUT2D eigenvalue weighted by Gasteiger charge is -2.29. The first kappa shape index (κ1) is 20.5. The average molecular weight is 424 g/mol. The minimum Gasteiger partial charge on any atom is -0.505 e. The summed E-state index contributed by atoms with van der Waals surface area (Å²) in [6, 6.07) is 5.33. The summed E-state index contributed by atoms with van der Waals surface area (Å²) in [6.07, 6.45) is -3.93. The predicted molar refractivity (Wildman–Crippen MR) is 98.7 cm³/mol. The molecule has 1 N–H and O–H groups in total. The van der Waals surface area contributed by atoms with Crippen molar-refractivity contribution in [3.63, 3.8) is 0 Å². The average Bonchev–Trinajstić information content (AvgIpc) is 2.81. The van der Waals surface area contributed by atoms with E-state index < -0.39 is 40.4 Å². The lowest BCUT2D eigenvalue weighted by Crippen LogP contribution is -2.44. The lowest BCUT2D eigenvalue weighted by molar-refractivity contribution is -0.138. The Balaban J connectivity index is 2.13. The van der Waals surface area contributed by atoms with Crippen LogP contribution in [0.3, 0.4) is 0 Å². The number of hydrogen-bond donors (Lipinski definition) is 1. The largest absolute Gasteiger partial charge is 0.505 e. The van der Waals surface area contributed by atoms with Crippen LogP contribution in [0.2, 0.25) is 0 Å². The number of nitriles is 1. The Labute approximate surface area is 167 Å². The highest BCUT2D eigenvalue weighted by Crippen LogP contribution is 2.39. The van der Waals surface area contributed by atoms with E-state index in [0.29, 0.717) is 6.07 Å². The molecular formula is C18H12F4N4O2S. The number of benzene rings is 1. The Morgan fingerprint density at radius 3 is 2.45 bits per heavy atom. The number of amides is 1. The van der Waals surface area contributed by atoms with Gasteiger partial charge in [-0.3, -0.25) is 9.69 Å². The molecule has 1 aliphatic heterocycles. The number of phenols is 1. The predicted octanol–water partition coefficient (Wildman–Crippen LogP) is 3.73. The van der Waals surface area contributed by atoms with Gasteiger partial charge >= 0.3 is 6.18 Å². The molecule has 3 rings (SSSR count). The molecule has 150 valence electrons. The minimum absolute atomic E-state index is 0.129. The van der Waals surface area contributed by atoms with E-state index in [2.05, 4.69) is 4.98 Å². The molecule has 1 fully saturated rings. The van der Waals surface area contributed by atoms with Crippen molar-refractivity contribution in [3.05, 3.63) is 47.5 Å². The number of halogens is 4. The molecule has 1 aromatic carbocycles. The summed E-state index contributed by atoms with van der Waals surface area (Å²) in [4.78, 5) is 18.6. The molecule has 1 aliphatic rings. The molecule has 0 aliphatic carbocycles. The molecule has 29 heavy (non-hydrogen) atoms. The second-order valence-electron chi connectivity index (χ2n) is 6.65. The van der Waals surface area contributed by atoms with Gasteiger partial charge in [0.1, 0.15) is 11.6 Å². The maximum atomic E-state index is 13.8. The monoisotopic (exact) mass is 424 g/mol. The van der Waals surface area contributed by atoms with Crippen LogP contribution >= 0.6 is 12.2 Å². The normalized spacial score (nSPS) is 16.3. The standard InChI is InChI=1S/C18H12F4N4O2S/c1-17(2)15(28)25(10-5-11(18(20,21)22)13(7-23)24-8-10)16(29)26(17)9-3-4-14(27)12(19)6-9/h3-6,8,27H,1-2H3. The topological polar surface area (TPSA) is 80.5 Å². The Kier molecular flexibility index (Phi) is 4.71. The first-order valence-electron chi connectivity index (χ1n) is 8.04. The number of thiocarbonyl (C=S) groups is 1. The third-order valence-electron chi connectivity index (χ3n) is 4.40. The Hall–Kier alpha value is -3.26. The highest BCUT2D eigenvalue weighted by atomic mass is 32.1. The van der Waals surface area contributed by atoms with Gasteiger partial charge in [0.25, 0.3) is 5.91 Å². The van der Waals surface area contributed by atoms with Gasteiger partial charge in [-0.25, -0.2) is 9.37 Å². The van der Waals surface area contributed by atoms with E-state index in [1.54, 1.807) is 0 Å². The number of aromatic nitrogens is 1. The van der Waals surface area contributed by atoms with Crippen molar-refractivity contribution >= 4 is 34.6 Å². The second-order valence-corrected chi connectivity index (χ2v) is 7.02. The number of nitrogens with zero attached hydrogens (tertiary/aromatic N) is 4. The summed E-state index contributed by atoms with van der Waals surface area (Å²) in [5, 5.41) is 18.1. The van der Waals surface area contributed by atoms with Gasteiger partial charge in [0.15, 0.2) is 22.4 Å². The van der Waals surface area contributed by atoms with Crippen molar-refractivity contribution in [3.8, 4) is 11.8 Å². The minimum atomic E-state index is -4.87. The Bertz CT molecular complexity index is 1080. The van der Waals surface area contributed by atoms with Crippen molar-refractivity contribution in [1.29, 1.82) is 5.26 Å². The molecule has 0 saturated carbocycles. The van der Waals surface area contributed by atoms with Crippen LogP contribution in [-0.2, 0) is 11.0 Å². The number of pyridine rings is 1. The second kappa shape index (κ2) is 6.66. The number of carbonyl (C=O) groups excluding carboxylic acids is 1. The van der Waals surface area contributed by atoms with E-state index in [4.69, 9.17) is 17.5 Å². The highest BCUT2D eigenvalue weighted by Gasteiger charge is 2.51. The van der Waals surface area contributed by atoms with Crippen LogP contribution in [0.5, 0.6) is 5.75 Å². The van der Waals surface area contributed by atoms with Gasteiger partial charge in [-0.1, -0.05) is 0 Å². The zero-order valence-corrected chi connectivity index (χ0v) is 15.8. The molecule has 0 bridgehead atoms. The number of aromatic hydroxyl groups is 1. The van der Waals surface area contributed by atoms with Crippen LogP contribution in [-0.4, -0.2) is 26.6 Å². The summed E-state index contributed by atoms with van der Waals surface area (Å²) in [5.74, 6) is -2.23. The number of phenolic OH excluding ortho intramolecular Hbond substituents is 1. The zero-order valence-electron chi connectivity index (χ0n) is 15.0. The summed E-state index contributed by atoms with van der Waals surface area (Å²) in [6.45, 7) is 2.93. The van der Waals surface area contributed by atoms with E-state index in [-0.39, 0.29) is 16.5 Å². The zero-order chi connectivity index (χ0) is 21.7. The molecule has 6 nitrogen and oxygen atoms in total. The molecule has 2 heterocycles. The first-order valence-corrected chi connectivity index (χ1v) is 8.45. The molecule has 0 radical (unpaired) electrons. The van der Waals surface area contributed by atoms with Gasteiger partial charge < -0.3 is 10.0 Å². The van der Waals surface area contributed by atoms with Crippen molar-refractivity contribution in [2.75, 3.05) is 9.80 Å². The highest BCUT2D eigenvalue weighted by molar-refractivity contribution is 7.81. The SMILES string of the molecule is CC1(C)C(=O)N(c2cnc(C#N)c(C(F)(F)F)c2)C(=S)N1c1ccc(O)c(F)c1. The van der Waals surface area contributed by atoms with Gasteiger partial charge in [0, 0.05) is 11.8 Å². The fraction of sp³-hybridized carbons (Fsp3) is 0.222. The fourth-order valence-corrected chi connectivity index (χ4v) is 3.49. The van der Waals surface area contributed by atoms with Gasteiger partial charge in [0.05, 0.1) is 17.4 Å². The fourth-order valence-electron chi connectivity index (χ4n) is 2.97. The van der Waals surface area contributed by atoms with Crippen LogP contribution < -0.4 is 9.80 Å². The van der Waals surface area contributed by atoms with Crippen molar-refractivity contribution in [2.24, 2.45) is 0 Å². The van der Waals surface area contributed by atoms with Crippen LogP contribution in [0.15, 0.2) is 30.5 Å². The van der Waals surface area contributed by atoms with E-state index in [1.165, 1.54) is 30.9 Å². The molecule has 0 spiro atoms. The number of carbonyl (C=O) groups is 1. The molecule has 1 amide bonds. The van der Waals surface area contributed by atoms with Crippen LogP contribution in [0.25, 0.3) is 0 Å². The van der Waals surface area contributed by atoms with Gasteiger partial charge in [-0.05, 0) is 44.3 Å². The molecule has 2 aromatic rings. The smallest absolute Gasteiger partial charge is 0.419 e. The molecule has 0 atom stereocenters. The van der Waals surface area contributed by atoms with Crippen molar-refractivity contribution < 1.29 is 27.5 Å². The maximum absolute atomic E-state index is 13.8. The third kappa shape index (κ3) is 3.25. The molecule has 11 heteroatoms. The number of alkyl halides is 3. The van der Waals surface area contributed by atoms with Gasteiger partial charge in [-0.15, -0.1) is 0 Å². The van der Waals surface area contributed by atoms with E-state index in [9.17, 15) is 27.5 Å². The summed E-state index contributed by atoms with van der Waals surface area (Å²) in [5.41, 5.74) is -3.66. The first-order chi connectivity index (χ1) is 13.4. The molecule has 1 aromatic heterocycles. The summed E-state index contributed by atoms with van der Waals surface area (Å²) >= 11 is 5.30. The number of hydrogen-bond acceptors (Lipinski definition) is 5. The number of anilines is 2. The van der Waals surface area contributed by atoms with Crippen LogP contribution in [0, 0.1) is 17.1 Å². The Morgan fingerprint density at radius 1 is 1.24 bits per heavy atom. The van der Waals surface area contributed by atoms with Crippen LogP contribution in [0.1, 0.15) is 25.1 Å². The molecule has 1 saturated heterocycles. The summed E-state index contributed by atoms with van der Waals surface area (Å²) < 4.78 is 53.6. The lowest BCUT2D eigenvalue weighted by atomic mass is 10.0. The maximum Gasteiger partial charge on any atom is 0.419 e. The molecular weight excluding hydrogens is 412 g/mol. The summed E-state index contributed by atoms with van der Waals surface area (Å²) in [7, 11) is 0. The third-order valence-corrected chi connectivity index (χ3v) is 4.77. The quantitative estimate of drug-likeness (QED) is 0.585. The van der Waals surface area contributed by atoms with Gasteiger partial charge in [-0.2, -0.15) is 18.4 Å². The van der Waals surface area contributed by atoms with Crippen molar-refractivity contribution in [1.82, 2.24) is 4.98 Å². The number of rotatable bonds is 2. The van der Waals surface area contributed by atoms with E-state index in [1.807, 2.05) is 0 Å². The van der Waals surface area contributed by atoms with Crippen molar-refractivity contribution in [2.45, 2.75) is 25.6 Å². The van der Waals surface area contributed by atoms with Gasteiger partial charge in [0.2, 0.25) is 0 Å². The van der Waals surface area contributed by atoms with E-state index >= 15 is 0 Å². The Morgan fingerprint density at radius 2 is 1.90 bits per heavy atom. The van der Waals surface area contributed by atoms with E-state index in [0.717, 1.165) is 23.2 Å². The van der Waals surface area contributed by atoms with Crippen LogP contribution in [0.4, 0.5) is 28.9 Å². The molecule has 0 unspecified atom stereocenters.